The van der Waals surface area contributed by atoms with Gasteiger partial charge in [0.05, 0.1) is 6.10 Å². The Morgan fingerprint density at radius 3 is 2.68 bits per heavy atom. The quantitative estimate of drug-likeness (QED) is 0.859. The first-order valence-corrected chi connectivity index (χ1v) is 8.22. The minimum Gasteiger partial charge on any atom is -0.377 e. The third kappa shape index (κ3) is 3.98. The zero-order chi connectivity index (χ0) is 13.7. The van der Waals surface area contributed by atoms with E-state index < -0.39 is 0 Å². The Balaban J connectivity index is 2.02. The zero-order valence-electron chi connectivity index (χ0n) is 12.1. The molecule has 1 saturated heterocycles. The lowest BCUT2D eigenvalue weighted by atomic mass is 10.0. The van der Waals surface area contributed by atoms with Crippen molar-refractivity contribution in [2.75, 3.05) is 13.2 Å². The molecule has 0 aliphatic carbocycles. The Hall–Kier alpha value is -0.510. The third-order valence-corrected chi connectivity index (χ3v) is 5.42. The molecule has 1 heterocycles. The molecule has 1 aromatic rings. The number of thioether (sulfide) groups is 1. The lowest BCUT2D eigenvalue weighted by molar-refractivity contribution is 0.127. The fourth-order valence-electron chi connectivity index (χ4n) is 2.68. The summed E-state index contributed by atoms with van der Waals surface area (Å²) in [5.74, 6) is 0. The van der Waals surface area contributed by atoms with Crippen molar-refractivity contribution in [2.24, 2.45) is 0 Å². The summed E-state index contributed by atoms with van der Waals surface area (Å²) in [5, 5.41) is 4.82. The lowest BCUT2D eigenvalue weighted by Crippen LogP contribution is -2.30. The molecule has 1 aliphatic heterocycles. The number of benzene rings is 1. The van der Waals surface area contributed by atoms with E-state index in [0.717, 1.165) is 13.2 Å². The van der Waals surface area contributed by atoms with Gasteiger partial charge in [0.1, 0.15) is 0 Å². The van der Waals surface area contributed by atoms with E-state index in [1.165, 1.54) is 12.0 Å². The van der Waals surface area contributed by atoms with E-state index in [0.29, 0.717) is 22.6 Å². The molecule has 0 saturated carbocycles. The van der Waals surface area contributed by atoms with Crippen LogP contribution in [-0.4, -0.2) is 29.8 Å². The van der Waals surface area contributed by atoms with Gasteiger partial charge in [0.25, 0.3) is 0 Å². The van der Waals surface area contributed by atoms with Crippen molar-refractivity contribution in [3.05, 3.63) is 35.9 Å². The maximum absolute atomic E-state index is 5.67. The molecule has 1 N–H and O–H groups in total. The molecule has 2 rings (SSSR count). The van der Waals surface area contributed by atoms with Gasteiger partial charge in [-0.1, -0.05) is 44.2 Å². The van der Waals surface area contributed by atoms with Gasteiger partial charge in [-0.05, 0) is 25.5 Å². The number of rotatable bonds is 6. The highest BCUT2D eigenvalue weighted by Gasteiger charge is 2.29. The maximum atomic E-state index is 5.67. The molecule has 106 valence electrons. The maximum Gasteiger partial charge on any atom is 0.0666 e. The van der Waals surface area contributed by atoms with Gasteiger partial charge in [0.15, 0.2) is 0 Å². The highest BCUT2D eigenvalue weighted by Crippen LogP contribution is 2.35. The topological polar surface area (TPSA) is 21.3 Å². The molecule has 0 radical (unpaired) electrons. The number of nitrogens with one attached hydrogen (secondary N) is 1. The summed E-state index contributed by atoms with van der Waals surface area (Å²) >= 11 is 2.07. The molecular formula is C16H25NOS. The van der Waals surface area contributed by atoms with Crippen LogP contribution in [0.25, 0.3) is 0 Å². The summed E-state index contributed by atoms with van der Waals surface area (Å²) in [6, 6.07) is 11.2. The van der Waals surface area contributed by atoms with Crippen molar-refractivity contribution in [1.82, 2.24) is 5.32 Å². The van der Waals surface area contributed by atoms with E-state index in [2.05, 4.69) is 68.2 Å². The van der Waals surface area contributed by atoms with Gasteiger partial charge >= 0.3 is 0 Å². The lowest BCUT2D eigenvalue weighted by Gasteiger charge is -2.28. The molecule has 0 aromatic heterocycles. The van der Waals surface area contributed by atoms with Crippen LogP contribution in [0.5, 0.6) is 0 Å². The number of hydrogen-bond acceptors (Lipinski definition) is 3. The fourth-order valence-corrected chi connectivity index (χ4v) is 4.17. The van der Waals surface area contributed by atoms with Crippen molar-refractivity contribution in [2.45, 2.75) is 49.8 Å². The second-order valence-electron chi connectivity index (χ2n) is 5.19. The van der Waals surface area contributed by atoms with Crippen LogP contribution in [0.4, 0.5) is 0 Å². The van der Waals surface area contributed by atoms with Crippen LogP contribution >= 0.6 is 11.8 Å². The van der Waals surface area contributed by atoms with E-state index >= 15 is 0 Å². The first kappa shape index (κ1) is 14.9. The Kier molecular flexibility index (Phi) is 5.74. The van der Waals surface area contributed by atoms with Crippen LogP contribution in [0.2, 0.25) is 0 Å². The second-order valence-corrected chi connectivity index (χ2v) is 6.81. The molecule has 1 aliphatic rings. The van der Waals surface area contributed by atoms with Gasteiger partial charge in [0, 0.05) is 23.1 Å². The zero-order valence-corrected chi connectivity index (χ0v) is 13.0. The van der Waals surface area contributed by atoms with E-state index in [-0.39, 0.29) is 0 Å². The van der Waals surface area contributed by atoms with E-state index in [1.54, 1.807) is 0 Å². The summed E-state index contributed by atoms with van der Waals surface area (Å²) in [6.45, 7) is 8.62. The molecule has 0 bridgehead atoms. The van der Waals surface area contributed by atoms with Crippen molar-refractivity contribution in [3.8, 4) is 0 Å². The monoisotopic (exact) mass is 279 g/mol. The van der Waals surface area contributed by atoms with Crippen LogP contribution in [0.1, 0.15) is 38.8 Å². The van der Waals surface area contributed by atoms with Crippen molar-refractivity contribution >= 4 is 11.8 Å². The van der Waals surface area contributed by atoms with Gasteiger partial charge in [-0.2, -0.15) is 11.8 Å². The average molecular weight is 279 g/mol. The average Bonchev–Trinajstić information content (AvgIpc) is 2.82. The Morgan fingerprint density at radius 2 is 2.11 bits per heavy atom. The summed E-state index contributed by atoms with van der Waals surface area (Å²) in [7, 11) is 0. The largest absolute Gasteiger partial charge is 0.377 e. The highest BCUT2D eigenvalue weighted by molar-refractivity contribution is 8.00. The standard InChI is InChI=1S/C16H25NOS/c1-4-17-16(14-8-6-5-7-9-14)13(3)19-15-10-11-18-12(15)2/h5-9,12-13,15-17H,4,10-11H2,1-3H3. The van der Waals surface area contributed by atoms with Crippen molar-refractivity contribution in [3.63, 3.8) is 0 Å². The molecular weight excluding hydrogens is 254 g/mol. The summed E-state index contributed by atoms with van der Waals surface area (Å²) in [4.78, 5) is 0. The predicted molar refractivity (Wildman–Crippen MR) is 83.7 cm³/mol. The molecule has 4 atom stereocenters. The summed E-state index contributed by atoms with van der Waals surface area (Å²) < 4.78 is 5.67. The molecule has 1 aromatic carbocycles. The Bertz CT molecular complexity index is 370. The van der Waals surface area contributed by atoms with E-state index in [1.807, 2.05) is 0 Å². The van der Waals surface area contributed by atoms with Crippen molar-refractivity contribution in [1.29, 1.82) is 0 Å². The SMILES string of the molecule is CCNC(c1ccccc1)C(C)SC1CCOC1C. The van der Waals surface area contributed by atoms with Crippen LogP contribution < -0.4 is 5.32 Å². The predicted octanol–water partition coefficient (Wildman–Crippen LogP) is 3.64. The molecule has 0 amide bonds. The Labute approximate surface area is 121 Å². The highest BCUT2D eigenvalue weighted by atomic mass is 32.2. The molecule has 0 spiro atoms. The van der Waals surface area contributed by atoms with Crippen LogP contribution in [0.15, 0.2) is 30.3 Å². The van der Waals surface area contributed by atoms with Gasteiger partial charge in [-0.3, -0.25) is 0 Å². The van der Waals surface area contributed by atoms with Crippen molar-refractivity contribution < 1.29 is 4.74 Å². The van der Waals surface area contributed by atoms with E-state index in [4.69, 9.17) is 4.74 Å². The molecule has 1 fully saturated rings. The van der Waals surface area contributed by atoms with Crippen LogP contribution in [-0.2, 0) is 4.74 Å². The molecule has 4 unspecified atom stereocenters. The number of ether oxygens (including phenoxy) is 1. The fraction of sp³-hybridized carbons (Fsp3) is 0.625. The van der Waals surface area contributed by atoms with E-state index in [9.17, 15) is 0 Å². The molecule has 2 nitrogen and oxygen atoms in total. The molecule has 19 heavy (non-hydrogen) atoms. The Morgan fingerprint density at radius 1 is 1.37 bits per heavy atom. The minimum atomic E-state index is 0.394. The normalized spacial score (nSPS) is 26.3. The van der Waals surface area contributed by atoms with Gasteiger partial charge in [0.2, 0.25) is 0 Å². The smallest absolute Gasteiger partial charge is 0.0666 e. The second kappa shape index (κ2) is 7.32. The summed E-state index contributed by atoms with van der Waals surface area (Å²) in [5.41, 5.74) is 1.39. The van der Waals surface area contributed by atoms with Gasteiger partial charge in [-0.25, -0.2) is 0 Å². The van der Waals surface area contributed by atoms with Crippen LogP contribution in [0, 0.1) is 0 Å². The number of hydrogen-bond donors (Lipinski definition) is 1. The first-order chi connectivity index (χ1) is 9.22. The first-order valence-electron chi connectivity index (χ1n) is 7.27. The van der Waals surface area contributed by atoms with Gasteiger partial charge in [-0.15, -0.1) is 0 Å². The molecule has 3 heteroatoms. The van der Waals surface area contributed by atoms with Gasteiger partial charge < -0.3 is 10.1 Å². The third-order valence-electron chi connectivity index (χ3n) is 3.75. The summed E-state index contributed by atoms with van der Waals surface area (Å²) in [6.07, 6.45) is 1.58. The minimum absolute atomic E-state index is 0.394. The van der Waals surface area contributed by atoms with Crippen LogP contribution in [0.3, 0.4) is 0 Å².